The molecule has 0 heterocycles. The van der Waals surface area contributed by atoms with Crippen LogP contribution in [0.15, 0.2) is 166 Å². The van der Waals surface area contributed by atoms with Crippen molar-refractivity contribution in [3.8, 4) is 0 Å². The molecule has 0 atom stereocenters. The third kappa shape index (κ3) is 10.5. The lowest BCUT2D eigenvalue weighted by Crippen LogP contribution is -3.61. The van der Waals surface area contributed by atoms with Crippen LogP contribution in [0.1, 0.15) is 0 Å². The highest BCUT2D eigenvalue weighted by Crippen LogP contribution is 2.30. The summed E-state index contributed by atoms with van der Waals surface area (Å²) in [5.74, 6) is 0. The van der Waals surface area contributed by atoms with Gasteiger partial charge in [-0.25, -0.2) is 0 Å². The van der Waals surface area contributed by atoms with Gasteiger partial charge in [-0.3, -0.25) is 4.55 Å². The van der Waals surface area contributed by atoms with Gasteiger partial charge >= 0.3 is 36.8 Å². The van der Waals surface area contributed by atoms with Crippen molar-refractivity contribution in [3.63, 3.8) is 0 Å². The molecule has 1 N–H and O–H groups in total. The Kier molecular flexibility index (Phi) is 12.3. The fraction of sp³-hybridized carbons (Fsp3) is 0.0323. The van der Waals surface area contributed by atoms with Gasteiger partial charge in [0, 0.05) is 0 Å². The molecule has 0 radical (unpaired) electrons. The second-order valence-electron chi connectivity index (χ2n) is 7.85. The lowest BCUT2D eigenvalue weighted by Gasteiger charge is -2.07. The average Bonchev–Trinajstić information content (AvgIpc) is 2.96. The molecule has 0 unspecified atom stereocenters. The van der Waals surface area contributed by atoms with Crippen LogP contribution in [0.25, 0.3) is 0 Å². The lowest BCUT2D eigenvalue weighted by molar-refractivity contribution is -0.597. The maximum Gasteiger partial charge on any atom is 0.522 e. The van der Waals surface area contributed by atoms with Gasteiger partial charge in [-0.2, -0.15) is 21.6 Å². The molecule has 0 aliphatic carbocycles. The van der Waals surface area contributed by atoms with E-state index in [9.17, 15) is 13.2 Å². The van der Waals surface area contributed by atoms with Gasteiger partial charge < -0.3 is 0 Å². The summed E-state index contributed by atoms with van der Waals surface area (Å²) in [4.78, 5) is 4.08. The first-order chi connectivity index (χ1) is 19.1. The summed E-state index contributed by atoms with van der Waals surface area (Å²) >= 11 is 0.0287. The van der Waals surface area contributed by atoms with Crippen molar-refractivity contribution in [3.05, 3.63) is 159 Å². The Morgan fingerprint density at radius 1 is 0.500 bits per heavy atom. The molecule has 206 valence electrons. The number of hydrogen-bond acceptors (Lipinski definition) is 2. The van der Waals surface area contributed by atoms with Crippen molar-refractivity contribution in [1.29, 1.82) is 0 Å². The minimum absolute atomic E-state index is 0.0146. The van der Waals surface area contributed by atoms with Crippen LogP contribution in [0.2, 0.25) is 0 Å². The maximum absolute atomic E-state index is 10.7. The van der Waals surface area contributed by atoms with E-state index in [-0.39, 0.29) is 32.1 Å². The Bertz CT molecular complexity index is 1370. The standard InChI is InChI=1S/C18H15S.C12H10I.CHF3O3S/c1-4-10-16(11-5-1)19(17-12-6-2-7-13-17)18-14-8-3-9-15-18;1-3-7-11(8-4-1)13-12-9-5-2-6-10-12;2-1(3,4)8(5,6)7/h1-15H;1-10H;(H,5,6,7)/q2*+1;. The van der Waals surface area contributed by atoms with Crippen molar-refractivity contribution < 1.29 is 47.3 Å². The Balaban J connectivity index is 0.000000182. The summed E-state index contributed by atoms with van der Waals surface area (Å²) in [5.41, 5.74) is -5.53. The number of benzene rings is 5. The SMILES string of the molecule is O=S(=O)(O)C(F)(F)F.c1ccc([I+]c2ccccc2)cc1.c1ccc([S+](c2ccccc2)c2ccccc2)cc1. The highest BCUT2D eigenvalue weighted by molar-refractivity contribution is 7.97. The van der Waals surface area contributed by atoms with E-state index in [1.807, 2.05) is 0 Å². The molecule has 0 aromatic heterocycles. The first-order valence-corrected chi connectivity index (χ1v) is 16.7. The van der Waals surface area contributed by atoms with E-state index in [0.717, 1.165) is 0 Å². The third-order valence-electron chi connectivity index (χ3n) is 4.91. The molecule has 5 aromatic rings. The molecular formula is C31H26F3IO3S2+2. The summed E-state index contributed by atoms with van der Waals surface area (Å²) in [5, 5.41) is 0. The van der Waals surface area contributed by atoms with Gasteiger partial charge in [0.2, 0.25) is 0 Å². The molecule has 5 aromatic carbocycles. The number of alkyl halides is 3. The molecule has 9 heteroatoms. The van der Waals surface area contributed by atoms with Crippen LogP contribution >= 0.6 is 0 Å². The zero-order chi connectivity index (χ0) is 28.8. The molecule has 0 aliphatic rings. The zero-order valence-electron chi connectivity index (χ0n) is 21.0. The van der Waals surface area contributed by atoms with Gasteiger partial charge in [-0.1, -0.05) is 91.0 Å². The van der Waals surface area contributed by atoms with Crippen LogP contribution in [0, 0.1) is 7.14 Å². The summed E-state index contributed by atoms with van der Waals surface area (Å²) in [6.45, 7) is 0. The van der Waals surface area contributed by atoms with Crippen LogP contribution < -0.4 is 21.2 Å². The highest BCUT2D eigenvalue weighted by Gasteiger charge is 2.44. The topological polar surface area (TPSA) is 54.4 Å². The van der Waals surface area contributed by atoms with E-state index < -0.39 is 15.6 Å². The first-order valence-electron chi connectivity index (χ1n) is 11.8. The minimum Gasteiger partial charge on any atom is -0.279 e. The van der Waals surface area contributed by atoms with Crippen LogP contribution in [0.5, 0.6) is 0 Å². The molecule has 0 spiro atoms. The van der Waals surface area contributed by atoms with Gasteiger partial charge in [-0.05, 0) is 60.7 Å². The van der Waals surface area contributed by atoms with Gasteiger partial charge in [0.1, 0.15) is 0 Å². The normalized spacial score (nSPS) is 11.0. The van der Waals surface area contributed by atoms with E-state index in [1.54, 1.807) is 0 Å². The molecule has 0 saturated carbocycles. The van der Waals surface area contributed by atoms with Crippen molar-refractivity contribution >= 4 is 21.0 Å². The van der Waals surface area contributed by atoms with Gasteiger partial charge in [0.25, 0.3) is 0 Å². The maximum atomic E-state index is 10.7. The zero-order valence-corrected chi connectivity index (χ0v) is 24.8. The monoisotopic (exact) mass is 694 g/mol. The van der Waals surface area contributed by atoms with E-state index in [0.29, 0.717) is 0 Å². The molecule has 0 saturated heterocycles. The molecule has 40 heavy (non-hydrogen) atoms. The van der Waals surface area contributed by atoms with Gasteiger partial charge in [0.05, 0.1) is 10.9 Å². The molecule has 3 nitrogen and oxygen atoms in total. The number of hydrogen-bond donors (Lipinski definition) is 1. The van der Waals surface area contributed by atoms with E-state index in [2.05, 4.69) is 152 Å². The quantitative estimate of drug-likeness (QED) is 0.122. The van der Waals surface area contributed by atoms with E-state index in [4.69, 9.17) is 13.0 Å². The van der Waals surface area contributed by atoms with Crippen LogP contribution in [0.3, 0.4) is 0 Å². The predicted molar refractivity (Wildman–Crippen MR) is 149 cm³/mol. The smallest absolute Gasteiger partial charge is 0.279 e. The van der Waals surface area contributed by atoms with Crippen LogP contribution in [-0.4, -0.2) is 18.5 Å². The summed E-state index contributed by atoms with van der Waals surface area (Å²) in [6, 6.07) is 53.6. The third-order valence-corrected chi connectivity index (χ3v) is 10.4. The molecule has 0 fully saturated rings. The van der Waals surface area contributed by atoms with Gasteiger partial charge in [0.15, 0.2) is 21.8 Å². The lowest BCUT2D eigenvalue weighted by atomic mass is 10.4. The molecule has 0 aliphatic heterocycles. The Labute approximate surface area is 246 Å². The Hall–Kier alpha value is -3.12. The van der Waals surface area contributed by atoms with E-state index >= 15 is 0 Å². The number of halogens is 4. The Morgan fingerprint density at radius 3 is 0.950 bits per heavy atom. The second kappa shape index (κ2) is 15.6. The predicted octanol–water partition coefficient (Wildman–Crippen LogP) is 4.99. The van der Waals surface area contributed by atoms with Crippen molar-refractivity contribution in [2.45, 2.75) is 20.2 Å². The minimum atomic E-state index is -5.84. The molecule has 0 amide bonds. The molecule has 0 bridgehead atoms. The fourth-order valence-electron chi connectivity index (χ4n) is 3.16. The highest BCUT2D eigenvalue weighted by atomic mass is 127. The second-order valence-corrected chi connectivity index (χ2v) is 14.3. The van der Waals surface area contributed by atoms with Gasteiger partial charge in [-0.15, -0.1) is 0 Å². The van der Waals surface area contributed by atoms with Crippen molar-refractivity contribution in [1.82, 2.24) is 0 Å². The van der Waals surface area contributed by atoms with E-state index in [1.165, 1.54) is 21.8 Å². The van der Waals surface area contributed by atoms with Crippen LogP contribution in [-0.2, 0) is 21.0 Å². The average molecular weight is 695 g/mol. The summed E-state index contributed by atoms with van der Waals surface area (Å²) < 4.78 is 60.5. The first kappa shape index (κ1) is 31.4. The largest absolute Gasteiger partial charge is 0.522 e. The fourth-order valence-corrected chi connectivity index (χ4v) is 7.53. The Morgan fingerprint density at radius 2 is 0.725 bits per heavy atom. The number of rotatable bonds is 5. The summed E-state index contributed by atoms with van der Waals surface area (Å²) in [6.07, 6.45) is 0. The molecule has 5 rings (SSSR count). The van der Waals surface area contributed by atoms with Crippen LogP contribution in [0.4, 0.5) is 13.2 Å². The van der Waals surface area contributed by atoms with Crippen molar-refractivity contribution in [2.24, 2.45) is 0 Å². The summed E-state index contributed by atoms with van der Waals surface area (Å²) in [7, 11) is -5.85. The molecular weight excluding hydrogens is 668 g/mol. The van der Waals surface area contributed by atoms with Crippen molar-refractivity contribution in [2.75, 3.05) is 0 Å².